The van der Waals surface area contributed by atoms with Crippen LogP contribution in [0.3, 0.4) is 0 Å². The quantitative estimate of drug-likeness (QED) is 0.828. The van der Waals surface area contributed by atoms with E-state index in [1.807, 2.05) is 4.90 Å². The van der Waals surface area contributed by atoms with E-state index in [0.29, 0.717) is 25.5 Å². The Morgan fingerprint density at radius 2 is 2.32 bits per heavy atom. The molecule has 2 aromatic heterocycles. The number of amides is 1. The summed E-state index contributed by atoms with van der Waals surface area (Å²) in [6.07, 6.45) is 8.17. The standard InChI is InChI=1S/C15H17N5O2/c21-15(14-2-1-5-18-19-14)20-8-9-22-11-13(20)4-3-12-10-16-6-7-17-12/h1-2,5-7,10,13H,3-4,8-9,11H2/t13-/m0/s1. The van der Waals surface area contributed by atoms with Gasteiger partial charge in [0.15, 0.2) is 5.69 Å². The molecule has 1 saturated heterocycles. The lowest BCUT2D eigenvalue weighted by atomic mass is 10.1. The lowest BCUT2D eigenvalue weighted by Gasteiger charge is -2.35. The molecule has 1 aliphatic rings. The molecule has 3 heterocycles. The van der Waals surface area contributed by atoms with E-state index in [9.17, 15) is 4.79 Å². The predicted molar refractivity (Wildman–Crippen MR) is 78.0 cm³/mol. The molecule has 0 unspecified atom stereocenters. The Bertz CT molecular complexity index is 608. The molecule has 0 N–H and O–H groups in total. The van der Waals surface area contributed by atoms with Gasteiger partial charge in [-0.05, 0) is 25.0 Å². The summed E-state index contributed by atoms with van der Waals surface area (Å²) in [7, 11) is 0. The van der Waals surface area contributed by atoms with E-state index in [1.165, 1.54) is 0 Å². The third kappa shape index (κ3) is 3.43. The monoisotopic (exact) mass is 299 g/mol. The van der Waals surface area contributed by atoms with Crippen molar-refractivity contribution in [3.05, 3.63) is 48.3 Å². The first-order valence-corrected chi connectivity index (χ1v) is 7.26. The highest BCUT2D eigenvalue weighted by Gasteiger charge is 2.28. The van der Waals surface area contributed by atoms with Gasteiger partial charge in [0.2, 0.25) is 0 Å². The molecule has 0 aliphatic carbocycles. The molecule has 1 aliphatic heterocycles. The minimum atomic E-state index is -0.0967. The van der Waals surface area contributed by atoms with Crippen LogP contribution in [0.25, 0.3) is 0 Å². The van der Waals surface area contributed by atoms with Gasteiger partial charge in [0, 0.05) is 31.3 Å². The van der Waals surface area contributed by atoms with Crippen molar-refractivity contribution in [3.63, 3.8) is 0 Å². The number of carbonyl (C=O) groups excluding carboxylic acids is 1. The van der Waals surface area contributed by atoms with Crippen molar-refractivity contribution in [2.24, 2.45) is 0 Å². The molecule has 3 rings (SSSR count). The van der Waals surface area contributed by atoms with Gasteiger partial charge < -0.3 is 9.64 Å². The summed E-state index contributed by atoms with van der Waals surface area (Å²) >= 11 is 0. The lowest BCUT2D eigenvalue weighted by Crippen LogP contribution is -2.49. The maximum atomic E-state index is 12.6. The Morgan fingerprint density at radius 1 is 1.36 bits per heavy atom. The molecule has 0 aromatic carbocycles. The minimum absolute atomic E-state index is 0.0188. The first kappa shape index (κ1) is 14.5. The summed E-state index contributed by atoms with van der Waals surface area (Å²) < 4.78 is 5.52. The second kappa shape index (κ2) is 7.04. The highest BCUT2D eigenvalue weighted by atomic mass is 16.5. The Hall–Kier alpha value is -2.41. The lowest BCUT2D eigenvalue weighted by molar-refractivity contribution is -0.00449. The van der Waals surface area contributed by atoms with Crippen LogP contribution in [0.15, 0.2) is 36.9 Å². The van der Waals surface area contributed by atoms with Crippen molar-refractivity contribution in [2.45, 2.75) is 18.9 Å². The second-order valence-electron chi connectivity index (χ2n) is 5.07. The maximum absolute atomic E-state index is 12.6. The summed E-state index contributed by atoms with van der Waals surface area (Å²) in [6, 6.07) is 3.42. The molecule has 7 heteroatoms. The van der Waals surface area contributed by atoms with Gasteiger partial charge in [0.1, 0.15) is 0 Å². The normalized spacial score (nSPS) is 18.2. The summed E-state index contributed by atoms with van der Waals surface area (Å²) in [5.41, 5.74) is 1.29. The average Bonchev–Trinajstić information content (AvgIpc) is 2.61. The van der Waals surface area contributed by atoms with Crippen LogP contribution in [0, 0.1) is 0 Å². The average molecular weight is 299 g/mol. The molecule has 0 radical (unpaired) electrons. The first-order valence-electron chi connectivity index (χ1n) is 7.26. The molecule has 0 spiro atoms. The third-order valence-electron chi connectivity index (χ3n) is 3.63. The highest BCUT2D eigenvalue weighted by molar-refractivity contribution is 5.92. The number of nitrogens with zero attached hydrogens (tertiary/aromatic N) is 5. The molecular weight excluding hydrogens is 282 g/mol. The fraction of sp³-hybridized carbons (Fsp3) is 0.400. The smallest absolute Gasteiger partial charge is 0.274 e. The number of hydrogen-bond donors (Lipinski definition) is 0. The van der Waals surface area contributed by atoms with E-state index in [1.54, 1.807) is 36.9 Å². The summed E-state index contributed by atoms with van der Waals surface area (Å²) in [5, 5.41) is 7.67. The Kier molecular flexibility index (Phi) is 4.65. The van der Waals surface area contributed by atoms with E-state index >= 15 is 0 Å². The van der Waals surface area contributed by atoms with Crippen LogP contribution >= 0.6 is 0 Å². The van der Waals surface area contributed by atoms with E-state index in [2.05, 4.69) is 20.2 Å². The summed E-state index contributed by atoms with van der Waals surface area (Å²) in [5.74, 6) is -0.0967. The molecule has 0 saturated carbocycles. The Morgan fingerprint density at radius 3 is 3.09 bits per heavy atom. The SMILES string of the molecule is O=C(c1cccnn1)N1CCOC[C@@H]1CCc1cnccn1. The van der Waals surface area contributed by atoms with Crippen LogP contribution in [0.2, 0.25) is 0 Å². The maximum Gasteiger partial charge on any atom is 0.274 e. The zero-order valence-corrected chi connectivity index (χ0v) is 12.1. The molecule has 1 atom stereocenters. The number of ether oxygens (including phenoxy) is 1. The fourth-order valence-corrected chi connectivity index (χ4v) is 2.50. The second-order valence-corrected chi connectivity index (χ2v) is 5.07. The van der Waals surface area contributed by atoms with Crippen molar-refractivity contribution >= 4 is 5.91 Å². The number of aromatic nitrogens is 4. The van der Waals surface area contributed by atoms with Gasteiger partial charge in [-0.1, -0.05) is 0 Å². The van der Waals surface area contributed by atoms with Crippen LogP contribution in [0.1, 0.15) is 22.6 Å². The van der Waals surface area contributed by atoms with E-state index in [0.717, 1.165) is 18.5 Å². The van der Waals surface area contributed by atoms with Gasteiger partial charge >= 0.3 is 0 Å². The molecule has 0 bridgehead atoms. The van der Waals surface area contributed by atoms with Crippen molar-refractivity contribution in [1.82, 2.24) is 25.1 Å². The number of rotatable bonds is 4. The zero-order valence-electron chi connectivity index (χ0n) is 12.1. The van der Waals surface area contributed by atoms with Gasteiger partial charge in [0.05, 0.1) is 24.9 Å². The number of hydrogen-bond acceptors (Lipinski definition) is 6. The van der Waals surface area contributed by atoms with Gasteiger partial charge in [-0.2, -0.15) is 5.10 Å². The summed E-state index contributed by atoms with van der Waals surface area (Å²) in [4.78, 5) is 22.7. The number of morpholine rings is 1. The Balaban J connectivity index is 1.67. The molecule has 1 fully saturated rings. The van der Waals surface area contributed by atoms with Crippen molar-refractivity contribution in [1.29, 1.82) is 0 Å². The molecule has 1 amide bonds. The van der Waals surface area contributed by atoms with Crippen molar-refractivity contribution in [3.8, 4) is 0 Å². The van der Waals surface area contributed by atoms with Crippen LogP contribution < -0.4 is 0 Å². The fourth-order valence-electron chi connectivity index (χ4n) is 2.50. The van der Waals surface area contributed by atoms with Crippen LogP contribution in [0.5, 0.6) is 0 Å². The van der Waals surface area contributed by atoms with Crippen molar-refractivity contribution < 1.29 is 9.53 Å². The summed E-state index contributed by atoms with van der Waals surface area (Å²) in [6.45, 7) is 1.65. The molecular formula is C15H17N5O2. The van der Waals surface area contributed by atoms with E-state index in [-0.39, 0.29) is 11.9 Å². The van der Waals surface area contributed by atoms with E-state index in [4.69, 9.17) is 4.74 Å². The van der Waals surface area contributed by atoms with Gasteiger partial charge in [-0.3, -0.25) is 14.8 Å². The van der Waals surface area contributed by atoms with Crippen LogP contribution in [0.4, 0.5) is 0 Å². The van der Waals surface area contributed by atoms with E-state index < -0.39 is 0 Å². The van der Waals surface area contributed by atoms with Gasteiger partial charge in [-0.25, -0.2) is 0 Å². The van der Waals surface area contributed by atoms with Crippen LogP contribution in [-0.4, -0.2) is 56.8 Å². The highest BCUT2D eigenvalue weighted by Crippen LogP contribution is 2.15. The Labute approximate surface area is 128 Å². The van der Waals surface area contributed by atoms with Gasteiger partial charge in [0.25, 0.3) is 5.91 Å². The number of aryl methyl sites for hydroxylation is 1. The topological polar surface area (TPSA) is 81.1 Å². The molecule has 2 aromatic rings. The largest absolute Gasteiger partial charge is 0.377 e. The predicted octanol–water partition coefficient (Wildman–Crippen LogP) is 0.740. The first-order chi connectivity index (χ1) is 10.8. The zero-order chi connectivity index (χ0) is 15.2. The third-order valence-corrected chi connectivity index (χ3v) is 3.63. The number of carbonyl (C=O) groups is 1. The van der Waals surface area contributed by atoms with Gasteiger partial charge in [-0.15, -0.1) is 5.10 Å². The van der Waals surface area contributed by atoms with Crippen molar-refractivity contribution in [2.75, 3.05) is 19.8 Å². The molecule has 22 heavy (non-hydrogen) atoms. The minimum Gasteiger partial charge on any atom is -0.377 e. The molecule has 114 valence electrons. The van der Waals surface area contributed by atoms with Crippen LogP contribution in [-0.2, 0) is 11.2 Å². The molecule has 7 nitrogen and oxygen atoms in total.